The second-order valence-electron chi connectivity index (χ2n) is 4.80. The van der Waals surface area contributed by atoms with E-state index in [9.17, 15) is 4.39 Å². The molecule has 2 nitrogen and oxygen atoms in total. The van der Waals surface area contributed by atoms with Gasteiger partial charge in [0.1, 0.15) is 16.3 Å². The van der Waals surface area contributed by atoms with Crippen molar-refractivity contribution in [3.8, 4) is 0 Å². The third-order valence-electron chi connectivity index (χ3n) is 3.19. The van der Waals surface area contributed by atoms with Gasteiger partial charge in [0.2, 0.25) is 0 Å². The summed E-state index contributed by atoms with van der Waals surface area (Å²) in [6.45, 7) is 0. The fourth-order valence-corrected chi connectivity index (χ4v) is 2.83. The molecular formula is C14H12BrFN2S. The molecule has 98 valence electrons. The van der Waals surface area contributed by atoms with Gasteiger partial charge in [-0.2, -0.15) is 0 Å². The van der Waals surface area contributed by atoms with Crippen molar-refractivity contribution in [2.24, 2.45) is 0 Å². The number of nitrogens with one attached hydrogen (secondary N) is 1. The molecule has 0 bridgehead atoms. The third kappa shape index (κ3) is 2.92. The highest BCUT2D eigenvalue weighted by atomic mass is 79.9. The van der Waals surface area contributed by atoms with E-state index in [4.69, 9.17) is 12.2 Å². The maximum atomic E-state index is 13.2. The van der Waals surface area contributed by atoms with Gasteiger partial charge in [-0.1, -0.05) is 24.4 Å². The molecule has 0 spiro atoms. The second-order valence-corrected chi connectivity index (χ2v) is 5.98. The van der Waals surface area contributed by atoms with Gasteiger partial charge in [0.15, 0.2) is 0 Å². The molecule has 19 heavy (non-hydrogen) atoms. The van der Waals surface area contributed by atoms with E-state index < -0.39 is 0 Å². The van der Waals surface area contributed by atoms with Crippen molar-refractivity contribution in [1.29, 1.82) is 0 Å². The lowest BCUT2D eigenvalue weighted by Gasteiger charge is -2.08. The van der Waals surface area contributed by atoms with Crippen LogP contribution in [0.2, 0.25) is 0 Å². The van der Waals surface area contributed by atoms with Gasteiger partial charge in [0.25, 0.3) is 0 Å². The zero-order valence-corrected chi connectivity index (χ0v) is 12.5. The van der Waals surface area contributed by atoms with Crippen LogP contribution in [-0.2, 0) is 6.42 Å². The molecule has 0 radical (unpaired) electrons. The highest BCUT2D eigenvalue weighted by Crippen LogP contribution is 2.42. The van der Waals surface area contributed by atoms with Gasteiger partial charge in [-0.15, -0.1) is 0 Å². The number of hydrogen-bond acceptors (Lipinski definition) is 2. The summed E-state index contributed by atoms with van der Waals surface area (Å²) in [5.41, 5.74) is 2.02. The van der Waals surface area contributed by atoms with Gasteiger partial charge in [-0.3, -0.25) is 0 Å². The average molecular weight is 339 g/mol. The topological polar surface area (TPSA) is 28.7 Å². The van der Waals surface area contributed by atoms with Crippen LogP contribution in [0.15, 0.2) is 28.7 Å². The van der Waals surface area contributed by atoms with Gasteiger partial charge < -0.3 is 4.98 Å². The van der Waals surface area contributed by atoms with Crippen LogP contribution >= 0.6 is 28.1 Å². The molecule has 1 N–H and O–H groups in total. The second kappa shape index (κ2) is 5.13. The molecule has 0 saturated heterocycles. The fourth-order valence-electron chi connectivity index (χ4n) is 2.10. The Morgan fingerprint density at radius 2 is 2.21 bits per heavy atom. The predicted octanol–water partition coefficient (Wildman–Crippen LogP) is 4.51. The zero-order valence-electron chi connectivity index (χ0n) is 10.1. The van der Waals surface area contributed by atoms with Gasteiger partial charge in [-0.05, 0) is 46.5 Å². The van der Waals surface area contributed by atoms with E-state index in [1.807, 2.05) is 6.07 Å². The lowest BCUT2D eigenvalue weighted by Crippen LogP contribution is -2.02. The summed E-state index contributed by atoms with van der Waals surface area (Å²) in [5, 5.41) is 0. The molecule has 0 atom stereocenters. The lowest BCUT2D eigenvalue weighted by atomic mass is 10.1. The Labute approximate surface area is 124 Å². The van der Waals surface area contributed by atoms with E-state index in [1.54, 1.807) is 6.07 Å². The number of rotatable bonds is 3. The van der Waals surface area contributed by atoms with Gasteiger partial charge in [-0.25, -0.2) is 9.37 Å². The molecule has 1 fully saturated rings. The zero-order chi connectivity index (χ0) is 13.4. The Kier molecular flexibility index (Phi) is 3.50. The Morgan fingerprint density at radius 1 is 1.42 bits per heavy atom. The quantitative estimate of drug-likeness (QED) is 0.834. The van der Waals surface area contributed by atoms with Crippen LogP contribution in [0.5, 0.6) is 0 Å². The molecule has 5 heteroatoms. The molecule has 1 aromatic heterocycles. The minimum absolute atomic E-state index is 0.226. The summed E-state index contributed by atoms with van der Waals surface area (Å²) >= 11 is 8.76. The summed E-state index contributed by atoms with van der Waals surface area (Å²) < 4.78 is 14.6. The number of benzene rings is 1. The molecule has 0 unspecified atom stereocenters. The van der Waals surface area contributed by atoms with Gasteiger partial charge >= 0.3 is 0 Å². The minimum Gasteiger partial charge on any atom is -0.346 e. The van der Waals surface area contributed by atoms with Crippen LogP contribution in [0.1, 0.15) is 35.8 Å². The van der Waals surface area contributed by atoms with E-state index in [0.29, 0.717) is 17.0 Å². The first-order chi connectivity index (χ1) is 9.13. The number of aromatic amines is 1. The molecule has 1 aliphatic carbocycles. The number of aromatic nitrogens is 2. The minimum atomic E-state index is -0.226. The number of nitrogens with zero attached hydrogens (tertiary/aromatic N) is 1. The molecular weight excluding hydrogens is 327 g/mol. The van der Waals surface area contributed by atoms with Crippen LogP contribution in [0.3, 0.4) is 0 Å². The average Bonchev–Trinajstić information content (AvgIpc) is 3.18. The van der Waals surface area contributed by atoms with Crippen molar-refractivity contribution in [1.82, 2.24) is 9.97 Å². The van der Waals surface area contributed by atoms with Crippen molar-refractivity contribution in [3.63, 3.8) is 0 Å². The molecule has 0 amide bonds. The van der Waals surface area contributed by atoms with Gasteiger partial charge in [0.05, 0.1) is 4.47 Å². The number of halogens is 2. The standard InChI is InChI=1S/C14H12BrFN2S/c15-12-13(9-4-5-9)17-11(18-14(12)19)7-8-2-1-3-10(16)6-8/h1-3,6,9H,4-5,7H2,(H,17,18,19). The molecule has 0 aliphatic heterocycles. The summed E-state index contributed by atoms with van der Waals surface area (Å²) in [6.07, 6.45) is 2.94. The van der Waals surface area contributed by atoms with Crippen LogP contribution in [0, 0.1) is 10.5 Å². The summed E-state index contributed by atoms with van der Waals surface area (Å²) in [7, 11) is 0. The molecule has 1 heterocycles. The van der Waals surface area contributed by atoms with E-state index in [-0.39, 0.29) is 5.82 Å². The van der Waals surface area contributed by atoms with Crippen LogP contribution in [-0.4, -0.2) is 9.97 Å². The van der Waals surface area contributed by atoms with E-state index >= 15 is 0 Å². The third-order valence-corrected chi connectivity index (χ3v) is 4.55. The maximum Gasteiger partial charge on any atom is 0.144 e. The molecule has 1 aliphatic rings. The number of H-pyrrole nitrogens is 1. The normalized spacial score (nSPS) is 14.6. The van der Waals surface area contributed by atoms with Crippen LogP contribution < -0.4 is 0 Å². The number of hydrogen-bond donors (Lipinski definition) is 1. The SMILES string of the molecule is Fc1cccc(Cc2nc(=S)c(Br)c(C3CC3)[nH]2)c1. The smallest absolute Gasteiger partial charge is 0.144 e. The van der Waals surface area contributed by atoms with E-state index in [1.165, 1.54) is 25.0 Å². The van der Waals surface area contributed by atoms with Crippen LogP contribution in [0.25, 0.3) is 0 Å². The first-order valence-electron chi connectivity index (χ1n) is 6.16. The largest absolute Gasteiger partial charge is 0.346 e. The summed E-state index contributed by atoms with van der Waals surface area (Å²) in [5.74, 6) is 1.13. The Bertz CT molecular complexity index is 679. The first-order valence-corrected chi connectivity index (χ1v) is 7.36. The molecule has 3 rings (SSSR count). The highest BCUT2D eigenvalue weighted by Gasteiger charge is 2.27. The van der Waals surface area contributed by atoms with E-state index in [2.05, 4.69) is 25.9 Å². The molecule has 1 saturated carbocycles. The van der Waals surface area contributed by atoms with Crippen LogP contribution in [0.4, 0.5) is 4.39 Å². The van der Waals surface area contributed by atoms with Crippen molar-refractivity contribution in [2.75, 3.05) is 0 Å². The molecule has 2 aromatic rings. The molecule has 1 aromatic carbocycles. The first kappa shape index (κ1) is 12.9. The summed E-state index contributed by atoms with van der Waals surface area (Å²) in [6, 6.07) is 6.56. The Hall–Kier alpha value is -1.07. The highest BCUT2D eigenvalue weighted by molar-refractivity contribution is 9.10. The van der Waals surface area contributed by atoms with Crippen molar-refractivity contribution in [2.45, 2.75) is 25.2 Å². The van der Waals surface area contributed by atoms with Gasteiger partial charge in [0, 0.05) is 18.0 Å². The predicted molar refractivity (Wildman–Crippen MR) is 78.3 cm³/mol. The Morgan fingerprint density at radius 3 is 2.89 bits per heavy atom. The van der Waals surface area contributed by atoms with Crippen molar-refractivity contribution >= 4 is 28.1 Å². The van der Waals surface area contributed by atoms with Crippen molar-refractivity contribution < 1.29 is 4.39 Å². The van der Waals surface area contributed by atoms with Crippen molar-refractivity contribution in [3.05, 3.63) is 56.3 Å². The fraction of sp³-hybridized carbons (Fsp3) is 0.286. The monoisotopic (exact) mass is 338 g/mol. The Balaban J connectivity index is 1.95. The maximum absolute atomic E-state index is 13.2. The van der Waals surface area contributed by atoms with E-state index in [0.717, 1.165) is 21.6 Å². The lowest BCUT2D eigenvalue weighted by molar-refractivity contribution is 0.625. The summed E-state index contributed by atoms with van der Waals surface area (Å²) in [4.78, 5) is 7.69.